The van der Waals surface area contributed by atoms with Crippen LogP contribution in [-0.4, -0.2) is 43.7 Å². The van der Waals surface area contributed by atoms with Crippen molar-refractivity contribution in [1.29, 1.82) is 0 Å². The fourth-order valence-electron chi connectivity index (χ4n) is 2.51. The maximum Gasteiger partial charge on any atom is 0.253 e. The lowest BCUT2D eigenvalue weighted by Gasteiger charge is -2.23. The highest BCUT2D eigenvalue weighted by atomic mass is 16.5. The molecule has 0 fully saturated rings. The summed E-state index contributed by atoms with van der Waals surface area (Å²) in [6.07, 6.45) is 2.18. The van der Waals surface area contributed by atoms with Gasteiger partial charge in [-0.3, -0.25) is 4.79 Å². The predicted octanol–water partition coefficient (Wildman–Crippen LogP) is 2.54. The molecule has 0 spiro atoms. The van der Waals surface area contributed by atoms with Gasteiger partial charge < -0.3 is 15.0 Å². The Morgan fingerprint density at radius 3 is 3.00 bits per heavy atom. The molecule has 2 rings (SSSR count). The van der Waals surface area contributed by atoms with Crippen LogP contribution in [0.3, 0.4) is 0 Å². The van der Waals surface area contributed by atoms with Crippen LogP contribution in [0.15, 0.2) is 18.2 Å². The van der Waals surface area contributed by atoms with E-state index in [9.17, 15) is 4.79 Å². The van der Waals surface area contributed by atoms with Crippen molar-refractivity contribution in [1.82, 2.24) is 4.90 Å². The number of nitrogens with one attached hydrogen (secondary N) is 1. The Kier molecular flexibility index (Phi) is 5.41. The molecular formula is C16H24N2O2. The molecule has 0 aromatic heterocycles. The molecule has 20 heavy (non-hydrogen) atoms. The number of nitrogens with zero attached hydrogens (tertiary/aromatic N) is 1. The number of likely N-dealkylation sites (N-methyl/N-ethyl adjacent to an activating group) is 1. The zero-order chi connectivity index (χ0) is 14.4. The molecule has 1 aliphatic rings. The minimum absolute atomic E-state index is 0.0978. The first kappa shape index (κ1) is 14.9. The van der Waals surface area contributed by atoms with Crippen LogP contribution in [0.1, 0.15) is 36.2 Å². The van der Waals surface area contributed by atoms with Crippen LogP contribution < -0.4 is 5.32 Å². The molecule has 1 aromatic carbocycles. The Balaban J connectivity index is 2.06. The molecule has 0 atom stereocenters. The fourth-order valence-corrected chi connectivity index (χ4v) is 2.51. The van der Waals surface area contributed by atoms with E-state index < -0.39 is 0 Å². The van der Waals surface area contributed by atoms with Crippen LogP contribution in [0.5, 0.6) is 0 Å². The third-order valence-electron chi connectivity index (χ3n) is 3.67. The van der Waals surface area contributed by atoms with Gasteiger partial charge >= 0.3 is 0 Å². The standard InChI is InChI=1S/C16H24N2O2/c1-3-18(10-11-20-4-2)16(19)14-7-8-15-13(12-14)6-5-9-17-15/h7-8,12,17H,3-6,9-11H2,1-2H3. The molecule has 1 aliphatic heterocycles. The van der Waals surface area contributed by atoms with E-state index in [1.807, 2.05) is 36.9 Å². The third kappa shape index (κ3) is 3.51. The van der Waals surface area contributed by atoms with Crippen LogP contribution in [0.25, 0.3) is 0 Å². The van der Waals surface area contributed by atoms with E-state index in [1.54, 1.807) is 0 Å². The average molecular weight is 276 g/mol. The highest BCUT2D eigenvalue weighted by molar-refractivity contribution is 5.95. The van der Waals surface area contributed by atoms with E-state index in [4.69, 9.17) is 4.74 Å². The largest absolute Gasteiger partial charge is 0.385 e. The van der Waals surface area contributed by atoms with Gasteiger partial charge in [0.1, 0.15) is 0 Å². The number of amides is 1. The Morgan fingerprint density at radius 1 is 1.40 bits per heavy atom. The quantitative estimate of drug-likeness (QED) is 0.812. The first-order chi connectivity index (χ1) is 9.76. The summed E-state index contributed by atoms with van der Waals surface area (Å²) in [6.45, 7) is 7.65. The Bertz CT molecular complexity index is 460. The maximum absolute atomic E-state index is 12.5. The molecular weight excluding hydrogens is 252 g/mol. The average Bonchev–Trinajstić information content (AvgIpc) is 2.50. The van der Waals surface area contributed by atoms with E-state index in [2.05, 4.69) is 5.32 Å². The maximum atomic E-state index is 12.5. The summed E-state index contributed by atoms with van der Waals surface area (Å²) >= 11 is 0. The second-order valence-corrected chi connectivity index (χ2v) is 4.98. The summed E-state index contributed by atoms with van der Waals surface area (Å²) in [5.74, 6) is 0.0978. The molecule has 0 bridgehead atoms. The van der Waals surface area contributed by atoms with Crippen molar-refractivity contribution in [3.8, 4) is 0 Å². The van der Waals surface area contributed by atoms with E-state index in [0.29, 0.717) is 26.3 Å². The number of fused-ring (bicyclic) bond motifs is 1. The Labute approximate surface area is 121 Å². The fraction of sp³-hybridized carbons (Fsp3) is 0.562. The lowest BCUT2D eigenvalue weighted by atomic mass is 10.0. The van der Waals surface area contributed by atoms with Crippen molar-refractivity contribution < 1.29 is 9.53 Å². The highest BCUT2D eigenvalue weighted by Crippen LogP contribution is 2.23. The molecule has 0 radical (unpaired) electrons. The summed E-state index contributed by atoms with van der Waals surface area (Å²) < 4.78 is 5.34. The minimum atomic E-state index is 0.0978. The molecule has 1 amide bonds. The summed E-state index contributed by atoms with van der Waals surface area (Å²) in [5.41, 5.74) is 3.21. The van der Waals surface area contributed by atoms with Gasteiger partial charge in [-0.05, 0) is 50.5 Å². The topological polar surface area (TPSA) is 41.6 Å². The van der Waals surface area contributed by atoms with E-state index in [0.717, 1.165) is 24.9 Å². The highest BCUT2D eigenvalue weighted by Gasteiger charge is 2.16. The van der Waals surface area contributed by atoms with Gasteiger partial charge in [0.05, 0.1) is 6.61 Å². The molecule has 0 unspecified atom stereocenters. The number of hydrogen-bond donors (Lipinski definition) is 1. The third-order valence-corrected chi connectivity index (χ3v) is 3.67. The number of carbonyl (C=O) groups excluding carboxylic acids is 1. The molecule has 1 aromatic rings. The molecule has 1 N–H and O–H groups in total. The SMILES string of the molecule is CCOCCN(CC)C(=O)c1ccc2c(c1)CCCN2. The molecule has 4 heteroatoms. The van der Waals surface area contributed by atoms with E-state index >= 15 is 0 Å². The number of benzene rings is 1. The number of rotatable bonds is 6. The van der Waals surface area contributed by atoms with E-state index in [1.165, 1.54) is 11.3 Å². The first-order valence-corrected chi connectivity index (χ1v) is 7.50. The monoisotopic (exact) mass is 276 g/mol. The lowest BCUT2D eigenvalue weighted by molar-refractivity contribution is 0.0669. The summed E-state index contributed by atoms with van der Waals surface area (Å²) in [7, 11) is 0. The summed E-state index contributed by atoms with van der Waals surface area (Å²) in [4.78, 5) is 14.3. The van der Waals surface area contributed by atoms with Crippen LogP contribution >= 0.6 is 0 Å². The first-order valence-electron chi connectivity index (χ1n) is 7.50. The van der Waals surface area contributed by atoms with Gasteiger partial charge in [0, 0.05) is 37.5 Å². The van der Waals surface area contributed by atoms with Gasteiger partial charge in [-0.15, -0.1) is 0 Å². The van der Waals surface area contributed by atoms with Crippen molar-refractivity contribution in [2.24, 2.45) is 0 Å². The number of carbonyl (C=O) groups is 1. The van der Waals surface area contributed by atoms with Gasteiger partial charge in [-0.1, -0.05) is 0 Å². The normalized spacial score (nSPS) is 13.5. The number of aryl methyl sites for hydroxylation is 1. The molecule has 4 nitrogen and oxygen atoms in total. The Morgan fingerprint density at radius 2 is 2.25 bits per heavy atom. The van der Waals surface area contributed by atoms with Gasteiger partial charge in [0.25, 0.3) is 5.91 Å². The molecule has 0 saturated heterocycles. The van der Waals surface area contributed by atoms with Gasteiger partial charge in [-0.25, -0.2) is 0 Å². The molecule has 0 aliphatic carbocycles. The minimum Gasteiger partial charge on any atom is -0.385 e. The van der Waals surface area contributed by atoms with Crippen LogP contribution in [-0.2, 0) is 11.2 Å². The molecule has 110 valence electrons. The van der Waals surface area contributed by atoms with Crippen molar-refractivity contribution in [2.75, 3.05) is 38.2 Å². The van der Waals surface area contributed by atoms with Crippen LogP contribution in [0.4, 0.5) is 5.69 Å². The smallest absolute Gasteiger partial charge is 0.253 e. The van der Waals surface area contributed by atoms with Gasteiger partial charge in [-0.2, -0.15) is 0 Å². The zero-order valence-corrected chi connectivity index (χ0v) is 12.4. The summed E-state index contributed by atoms with van der Waals surface area (Å²) in [6, 6.07) is 5.98. The van der Waals surface area contributed by atoms with E-state index in [-0.39, 0.29) is 5.91 Å². The van der Waals surface area contributed by atoms with Crippen molar-refractivity contribution in [3.05, 3.63) is 29.3 Å². The van der Waals surface area contributed by atoms with Gasteiger partial charge in [0.15, 0.2) is 0 Å². The lowest BCUT2D eigenvalue weighted by Crippen LogP contribution is -2.34. The molecule has 1 heterocycles. The van der Waals surface area contributed by atoms with Crippen LogP contribution in [0, 0.1) is 0 Å². The number of hydrogen-bond acceptors (Lipinski definition) is 3. The number of anilines is 1. The Hall–Kier alpha value is -1.55. The number of ether oxygens (including phenoxy) is 1. The second kappa shape index (κ2) is 7.29. The second-order valence-electron chi connectivity index (χ2n) is 4.98. The predicted molar refractivity (Wildman–Crippen MR) is 81.3 cm³/mol. The zero-order valence-electron chi connectivity index (χ0n) is 12.4. The van der Waals surface area contributed by atoms with Gasteiger partial charge in [0.2, 0.25) is 0 Å². The van der Waals surface area contributed by atoms with Crippen LogP contribution in [0.2, 0.25) is 0 Å². The molecule has 0 saturated carbocycles. The van der Waals surface area contributed by atoms with Crippen molar-refractivity contribution in [2.45, 2.75) is 26.7 Å². The summed E-state index contributed by atoms with van der Waals surface area (Å²) in [5, 5.41) is 3.37. The van der Waals surface area contributed by atoms with Crippen molar-refractivity contribution >= 4 is 11.6 Å². The van der Waals surface area contributed by atoms with Crippen molar-refractivity contribution in [3.63, 3.8) is 0 Å².